The van der Waals surface area contributed by atoms with E-state index in [-0.39, 0.29) is 122 Å². The van der Waals surface area contributed by atoms with Crippen LogP contribution in [0, 0.1) is 82.9 Å². The molecule has 24 nitrogen and oxygen atoms in total. The third-order valence-electron chi connectivity index (χ3n) is 29.0. The SMILES string of the molecule is C=CC(=O)OCCCCOC(=O)C1CCC(C2CCC(C(=O)Oc3cccc4ccccc34)CC2)CC1.C=CC(=O)OCCCCOC(=O)C1CCC(C2CCC(C(=O)Oc3cccc4ccccc34)CC2)CC1.C=CC(=O)OCCOC(=O)C1CCC(C(=O)Oc2ccc(-c3ccccc3)cc2)CC1.C=CC(=O)OCCOC(=O)C1CCC(C2CCC(C(=O)Oc3cccc4ccccc34)CC2)CC1. The van der Waals surface area contributed by atoms with Gasteiger partial charge in [-0.15, -0.1) is 0 Å². The lowest BCUT2D eigenvalue weighted by Gasteiger charge is -2.36. The Kier molecular flexibility index (Phi) is 42.7. The van der Waals surface area contributed by atoms with Crippen LogP contribution in [0.2, 0.25) is 0 Å². The van der Waals surface area contributed by atoms with Gasteiger partial charge in [0.1, 0.15) is 49.4 Å². The van der Waals surface area contributed by atoms with Crippen LogP contribution in [-0.2, 0) is 95.4 Å². The number of carbonyl (C=O) groups is 12. The van der Waals surface area contributed by atoms with Crippen molar-refractivity contribution in [2.45, 2.75) is 205 Å². The first kappa shape index (κ1) is 106. The number of hydrogen-bond donors (Lipinski definition) is 0. The molecule has 7 fully saturated rings. The highest BCUT2D eigenvalue weighted by Gasteiger charge is 2.41. The fraction of sp³-hybridized carbons (Fsp3) is 0.466. The van der Waals surface area contributed by atoms with Gasteiger partial charge in [0, 0.05) is 40.5 Å². The Morgan fingerprint density at radius 3 is 0.693 bits per heavy atom. The monoisotopic (exact) mass is 1910 g/mol. The van der Waals surface area contributed by atoms with Gasteiger partial charge in [0.2, 0.25) is 0 Å². The van der Waals surface area contributed by atoms with E-state index in [9.17, 15) is 57.5 Å². The summed E-state index contributed by atoms with van der Waals surface area (Å²) >= 11 is 0. The van der Waals surface area contributed by atoms with E-state index in [0.717, 1.165) is 222 Å². The number of carbonyl (C=O) groups excluding carboxylic acids is 12. The summed E-state index contributed by atoms with van der Waals surface area (Å²) in [6, 6.07) is 58.8. The van der Waals surface area contributed by atoms with Crippen molar-refractivity contribution in [2.75, 3.05) is 52.9 Å². The molecule has 24 heteroatoms. The van der Waals surface area contributed by atoms with E-state index in [1.54, 1.807) is 12.1 Å². The van der Waals surface area contributed by atoms with Crippen LogP contribution in [0.4, 0.5) is 0 Å². The van der Waals surface area contributed by atoms with Gasteiger partial charge in [-0.2, -0.15) is 0 Å². The van der Waals surface area contributed by atoms with Crippen molar-refractivity contribution < 1.29 is 114 Å². The van der Waals surface area contributed by atoms with E-state index < -0.39 is 23.9 Å². The van der Waals surface area contributed by atoms with Gasteiger partial charge >= 0.3 is 71.6 Å². The Balaban J connectivity index is 0.000000167. The molecule has 8 aromatic carbocycles. The molecule has 15 rings (SSSR count). The molecule has 7 aliphatic carbocycles. The van der Waals surface area contributed by atoms with Crippen molar-refractivity contribution in [3.63, 3.8) is 0 Å². The normalized spacial score (nSPS) is 22.6. The van der Waals surface area contributed by atoms with Crippen molar-refractivity contribution >= 4 is 104 Å². The van der Waals surface area contributed by atoms with Crippen LogP contribution in [0.5, 0.6) is 23.0 Å². The first-order valence-corrected chi connectivity index (χ1v) is 50.5. The molecule has 140 heavy (non-hydrogen) atoms. The van der Waals surface area contributed by atoms with Gasteiger partial charge in [-0.1, -0.05) is 178 Å². The van der Waals surface area contributed by atoms with E-state index in [2.05, 4.69) is 26.3 Å². The zero-order valence-electron chi connectivity index (χ0n) is 80.6. The van der Waals surface area contributed by atoms with Crippen molar-refractivity contribution in [1.82, 2.24) is 0 Å². The molecule has 0 saturated heterocycles. The van der Waals surface area contributed by atoms with Crippen LogP contribution in [0.3, 0.4) is 0 Å². The topological polar surface area (TPSA) is 316 Å². The highest BCUT2D eigenvalue weighted by Crippen LogP contribution is 2.47. The molecule has 0 spiro atoms. The molecule has 7 saturated carbocycles. The maximum Gasteiger partial charge on any atom is 0.330 e. The van der Waals surface area contributed by atoms with Gasteiger partial charge in [-0.05, 0) is 299 Å². The van der Waals surface area contributed by atoms with Gasteiger partial charge in [0.05, 0.1) is 73.8 Å². The van der Waals surface area contributed by atoms with Gasteiger partial charge in [-0.25, -0.2) is 19.2 Å². The predicted molar refractivity (Wildman–Crippen MR) is 531 cm³/mol. The number of benzene rings is 8. The molecule has 8 aromatic rings. The van der Waals surface area contributed by atoms with Crippen molar-refractivity contribution in [2.24, 2.45) is 82.9 Å². The zero-order chi connectivity index (χ0) is 98.8. The van der Waals surface area contributed by atoms with Crippen LogP contribution >= 0.6 is 0 Å². The second-order valence-corrected chi connectivity index (χ2v) is 37.8. The maximum absolute atomic E-state index is 12.9. The maximum atomic E-state index is 12.9. The molecule has 7 aliphatic rings. The minimum absolute atomic E-state index is 0.00132. The molecule has 744 valence electrons. The molecule has 0 bridgehead atoms. The number of ether oxygens (including phenoxy) is 12. The fourth-order valence-electron chi connectivity index (χ4n) is 20.9. The minimum atomic E-state index is -0.551. The number of rotatable bonds is 36. The molecule has 0 atom stereocenters. The van der Waals surface area contributed by atoms with Crippen molar-refractivity contribution in [1.29, 1.82) is 0 Å². The summed E-state index contributed by atoms with van der Waals surface area (Å²) < 4.78 is 63.8. The molecule has 0 N–H and O–H groups in total. The molecule has 0 unspecified atom stereocenters. The zero-order valence-corrected chi connectivity index (χ0v) is 80.6. The summed E-state index contributed by atoms with van der Waals surface area (Å²) in [5, 5.41) is 6.11. The molecule has 0 amide bonds. The Hall–Kier alpha value is -12.9. The Morgan fingerprint density at radius 2 is 0.414 bits per heavy atom. The smallest absolute Gasteiger partial charge is 0.330 e. The summed E-state index contributed by atoms with van der Waals surface area (Å²) in [4.78, 5) is 144. The van der Waals surface area contributed by atoms with Crippen LogP contribution < -0.4 is 18.9 Å². The summed E-state index contributed by atoms with van der Waals surface area (Å²) in [6.07, 6.45) is 32.3. The average Bonchev–Trinajstić information content (AvgIpc) is 0.820. The first-order chi connectivity index (χ1) is 68.2. The lowest BCUT2D eigenvalue weighted by Crippen LogP contribution is -2.31. The molecule has 0 radical (unpaired) electrons. The summed E-state index contributed by atoms with van der Waals surface area (Å²) in [7, 11) is 0. The van der Waals surface area contributed by atoms with Crippen LogP contribution in [0.1, 0.15) is 205 Å². The van der Waals surface area contributed by atoms with E-state index in [4.69, 9.17) is 56.8 Å². The first-order valence-electron chi connectivity index (χ1n) is 50.5. The lowest BCUT2D eigenvalue weighted by molar-refractivity contribution is -0.155. The predicted octanol–water partition coefficient (Wildman–Crippen LogP) is 22.8. The lowest BCUT2D eigenvalue weighted by atomic mass is 9.69. The largest absolute Gasteiger partial charge is 0.465 e. The number of esters is 12. The second kappa shape index (κ2) is 56.4. The van der Waals surface area contributed by atoms with Gasteiger partial charge in [0.25, 0.3) is 0 Å². The Bertz CT molecular complexity index is 5240. The summed E-state index contributed by atoms with van der Waals surface area (Å²) in [6.45, 7) is 14.8. The second-order valence-electron chi connectivity index (χ2n) is 37.8. The molecule has 0 aromatic heterocycles. The Labute approximate surface area is 821 Å². The Morgan fingerprint density at radius 1 is 0.207 bits per heavy atom. The van der Waals surface area contributed by atoms with Gasteiger partial charge < -0.3 is 56.8 Å². The fourth-order valence-corrected chi connectivity index (χ4v) is 20.9. The van der Waals surface area contributed by atoms with Crippen molar-refractivity contribution in [3.05, 3.63) is 233 Å². The summed E-state index contributed by atoms with van der Waals surface area (Å²) in [5.74, 6) is 2.19. The van der Waals surface area contributed by atoms with E-state index in [1.165, 1.54) is 0 Å². The quantitative estimate of drug-likeness (QED) is 0.0116. The molecular formula is C116H136O24. The van der Waals surface area contributed by atoms with Crippen LogP contribution in [0.15, 0.2) is 233 Å². The number of hydrogen-bond acceptors (Lipinski definition) is 24. The van der Waals surface area contributed by atoms with Crippen LogP contribution in [-0.4, -0.2) is 124 Å². The number of unbranched alkanes of at least 4 members (excludes halogenated alkanes) is 2. The molecule has 0 aliphatic heterocycles. The van der Waals surface area contributed by atoms with Crippen LogP contribution in [0.25, 0.3) is 43.4 Å². The van der Waals surface area contributed by atoms with Gasteiger partial charge in [0.15, 0.2) is 0 Å². The average molecular weight is 1910 g/mol. The van der Waals surface area contributed by atoms with Gasteiger partial charge in [-0.3, -0.25) is 38.4 Å². The molecule has 0 heterocycles. The standard InChI is InChI=1S/2C31H38O6.C29H34O6.C25H26O6/c2*1-2-29(32)35-20-5-6-21-36-30(33)25-16-12-22(13-17-25)23-14-18-26(19-15-23)31(34)37-28-11-7-9-24-8-3-4-10-27(24)28;1-2-27(30)33-18-19-34-28(31)23-14-10-20(11-15-23)21-12-16-24(17-13-21)29(32)35-26-9-5-7-22-6-3-4-8-25(22)26;1-2-23(26)29-16-17-30-24(27)20-8-10-21(11-9-20)25(28)31-22-14-12-19(13-15-22)18-6-4-3-5-7-18/h2*2-4,7-11,22-23,25-26H,1,5-6,12-21H2;2-9,20-21,23-24H,1,10-19H2;2-7,12-15,20-21H,1,8-11,16-17H2. The summed E-state index contributed by atoms with van der Waals surface area (Å²) in [5.41, 5.74) is 2.16. The number of fused-ring (bicyclic) bond motifs is 3. The third-order valence-corrected chi connectivity index (χ3v) is 29.0. The van der Waals surface area contributed by atoms with E-state index >= 15 is 0 Å². The molecular weight excluding hydrogens is 1780 g/mol. The third kappa shape index (κ3) is 32.9. The van der Waals surface area contributed by atoms with Crippen molar-refractivity contribution in [3.8, 4) is 34.1 Å². The van der Waals surface area contributed by atoms with E-state index in [1.807, 2.05) is 170 Å². The van der Waals surface area contributed by atoms with E-state index in [0.29, 0.717) is 136 Å². The highest BCUT2D eigenvalue weighted by atomic mass is 16.6. The highest BCUT2D eigenvalue weighted by molar-refractivity contribution is 5.93. The minimum Gasteiger partial charge on any atom is -0.465 e.